The van der Waals surface area contributed by atoms with Crippen molar-refractivity contribution in [3.8, 4) is 0 Å². The van der Waals surface area contributed by atoms with Gasteiger partial charge in [0.2, 0.25) is 5.79 Å². The van der Waals surface area contributed by atoms with Gasteiger partial charge in [-0.15, -0.1) is 0 Å². The van der Waals surface area contributed by atoms with E-state index in [0.717, 1.165) is 24.8 Å². The van der Waals surface area contributed by atoms with Crippen molar-refractivity contribution in [1.82, 2.24) is 4.90 Å². The van der Waals surface area contributed by atoms with E-state index < -0.39 is 71.7 Å². The summed E-state index contributed by atoms with van der Waals surface area (Å²) in [7, 11) is 3.32. The molecule has 0 unspecified atom stereocenters. The lowest BCUT2D eigenvalue weighted by atomic mass is 9.76. The smallest absolute Gasteiger partial charge is 0.329 e. The molecule has 3 heterocycles. The second-order valence-corrected chi connectivity index (χ2v) is 20.1. The largest absolute Gasteiger partial charge is 0.460 e. The number of amides is 1. The van der Waals surface area contributed by atoms with Crippen LogP contribution in [0.5, 0.6) is 0 Å². The average Bonchev–Trinajstić information content (AvgIpc) is 3.27. The number of hydrogen-bond donors (Lipinski definition) is 2. The number of nitrogens with zero attached hydrogens (tertiary/aromatic N) is 1. The summed E-state index contributed by atoms with van der Waals surface area (Å²) in [4.78, 5) is 71.7. The summed E-state index contributed by atoms with van der Waals surface area (Å²) >= 11 is 0. The molecule has 12 heteroatoms. The van der Waals surface area contributed by atoms with E-state index in [1.54, 1.807) is 48.0 Å². The van der Waals surface area contributed by atoms with Gasteiger partial charge in [0, 0.05) is 57.3 Å². The van der Waals surface area contributed by atoms with E-state index in [1.165, 1.54) is 4.90 Å². The number of carbonyl (C=O) groups excluding carboxylic acids is 5. The third-order valence-corrected chi connectivity index (χ3v) is 14.9. The molecule has 1 amide bonds. The highest BCUT2D eigenvalue weighted by atomic mass is 16.6. The van der Waals surface area contributed by atoms with Crippen molar-refractivity contribution in [3.63, 3.8) is 0 Å². The van der Waals surface area contributed by atoms with Crippen molar-refractivity contribution >= 4 is 29.2 Å². The Morgan fingerprint density at radius 3 is 2.27 bits per heavy atom. The summed E-state index contributed by atoms with van der Waals surface area (Å²) < 4.78 is 24.1. The highest BCUT2D eigenvalue weighted by Crippen LogP contribution is 2.38. The number of cyclic esters (lactones) is 1. The summed E-state index contributed by atoms with van der Waals surface area (Å²) in [5.74, 6) is -7.21. The van der Waals surface area contributed by atoms with Crippen molar-refractivity contribution in [2.24, 2.45) is 47.3 Å². The van der Waals surface area contributed by atoms with Crippen molar-refractivity contribution < 1.29 is 53.1 Å². The summed E-state index contributed by atoms with van der Waals surface area (Å²) in [6.45, 7) is 17.1. The minimum absolute atomic E-state index is 0.0523. The average molecular weight is 896 g/mol. The molecular weight excluding hydrogens is 815 g/mol. The number of aliphatic hydroxyl groups excluding tert-OH is 1. The first-order chi connectivity index (χ1) is 30.2. The lowest BCUT2D eigenvalue weighted by Gasteiger charge is -2.42. The maximum absolute atomic E-state index is 14.4. The van der Waals surface area contributed by atoms with Gasteiger partial charge in [0.1, 0.15) is 23.7 Å². The Balaban J connectivity index is 1.69. The fourth-order valence-electron chi connectivity index (χ4n) is 10.4. The molecule has 0 aromatic heterocycles. The molecular formula is C52H81NO11. The number of esters is 1. The number of methoxy groups -OCH3 is 2. The predicted octanol–water partition coefficient (Wildman–Crippen LogP) is 8.08. The molecule has 12 nitrogen and oxygen atoms in total. The molecule has 360 valence electrons. The molecule has 2 N–H and O–H groups in total. The molecule has 15 atom stereocenters. The van der Waals surface area contributed by atoms with Crippen LogP contribution < -0.4 is 0 Å². The Hall–Kier alpha value is -3.29. The van der Waals surface area contributed by atoms with Crippen LogP contribution in [0, 0.1) is 47.3 Å². The molecule has 2 bridgehead atoms. The van der Waals surface area contributed by atoms with Gasteiger partial charge in [-0.1, -0.05) is 84.9 Å². The Kier molecular flexibility index (Phi) is 20.4. The standard InChI is InChI=1S/C52H81NO11/c1-31-17-13-12-14-18-32(2)45(62-11)29-41-23-21-38(8)52(60,64-41)49(57)50(58)53-24-16-15-19-42(53)51(59)63-46(35(5)27-40-22-20-33(3)44(28-40)61-10)30-43(54)34(4)26-37(7)48(56)39(9)47(55)36(6)25-31/h12-14,17-18,26,31,33-36,38-42,44-46,48,56,60H,15-16,19-25,27-30H2,1-11H3/b14-12+,17-13+,32-18+,37-26+/t31-,33-,34-,35+,36-,38-,39+,40-,41+,42+,44-,45+,46+,48-,52-/m1/s1. The van der Waals surface area contributed by atoms with Crippen LogP contribution in [0.15, 0.2) is 47.6 Å². The van der Waals surface area contributed by atoms with Crippen LogP contribution >= 0.6 is 0 Å². The Morgan fingerprint density at radius 1 is 0.859 bits per heavy atom. The van der Waals surface area contributed by atoms with Gasteiger partial charge in [-0.05, 0) is 113 Å². The Labute approximate surface area is 383 Å². The second kappa shape index (κ2) is 24.5. The van der Waals surface area contributed by atoms with Gasteiger partial charge in [-0.2, -0.15) is 0 Å². The van der Waals surface area contributed by atoms with Gasteiger partial charge in [0.15, 0.2) is 0 Å². The molecule has 1 aliphatic carbocycles. The number of rotatable bonds is 5. The molecule has 0 spiro atoms. The van der Waals surface area contributed by atoms with E-state index in [9.17, 15) is 34.2 Å². The van der Waals surface area contributed by atoms with Crippen LogP contribution in [-0.2, 0) is 42.9 Å². The third-order valence-electron chi connectivity index (χ3n) is 14.9. The number of allylic oxidation sites excluding steroid dienone is 6. The molecule has 4 rings (SSSR count). The molecule has 3 aliphatic heterocycles. The van der Waals surface area contributed by atoms with Crippen LogP contribution in [0.25, 0.3) is 0 Å². The Morgan fingerprint density at radius 2 is 1.58 bits per heavy atom. The van der Waals surface area contributed by atoms with E-state index in [0.29, 0.717) is 56.4 Å². The summed E-state index contributed by atoms with van der Waals surface area (Å²) in [6.07, 6.45) is 15.4. The number of Topliss-reactive ketones (excluding diaryl/α,β-unsaturated/α-hetero) is 3. The van der Waals surface area contributed by atoms with E-state index in [2.05, 4.69) is 6.92 Å². The molecule has 2 saturated heterocycles. The zero-order valence-corrected chi connectivity index (χ0v) is 40.8. The molecule has 0 radical (unpaired) electrons. The van der Waals surface area contributed by atoms with Gasteiger partial charge in [0.05, 0.1) is 24.4 Å². The minimum atomic E-state index is -2.40. The zero-order valence-electron chi connectivity index (χ0n) is 40.8. The van der Waals surface area contributed by atoms with Crippen LogP contribution in [0.3, 0.4) is 0 Å². The van der Waals surface area contributed by atoms with E-state index in [-0.39, 0.29) is 60.7 Å². The first-order valence-electron chi connectivity index (χ1n) is 24.2. The quantitative estimate of drug-likeness (QED) is 0.156. The first-order valence-corrected chi connectivity index (χ1v) is 24.2. The summed E-state index contributed by atoms with van der Waals surface area (Å²) in [6, 6.07) is -1.09. The van der Waals surface area contributed by atoms with Crippen LogP contribution in [0.2, 0.25) is 0 Å². The van der Waals surface area contributed by atoms with Gasteiger partial charge < -0.3 is 34.1 Å². The molecule has 0 aromatic rings. The van der Waals surface area contributed by atoms with Gasteiger partial charge in [0.25, 0.3) is 11.7 Å². The van der Waals surface area contributed by atoms with E-state index in [1.807, 2.05) is 58.1 Å². The van der Waals surface area contributed by atoms with Crippen LogP contribution in [-0.4, -0.2) is 107 Å². The molecule has 1 saturated carbocycles. The maximum atomic E-state index is 14.4. The van der Waals surface area contributed by atoms with E-state index in [4.69, 9.17) is 18.9 Å². The van der Waals surface area contributed by atoms with Gasteiger partial charge in [-0.25, -0.2) is 4.79 Å². The summed E-state index contributed by atoms with van der Waals surface area (Å²) in [5.41, 5.74) is 1.42. The van der Waals surface area contributed by atoms with Gasteiger partial charge in [-0.3, -0.25) is 19.2 Å². The number of aliphatic hydroxyl groups is 2. The normalized spacial score (nSPS) is 40.9. The number of hydrogen-bond acceptors (Lipinski definition) is 11. The fraction of sp³-hybridized carbons (Fsp3) is 0.750. The predicted molar refractivity (Wildman–Crippen MR) is 247 cm³/mol. The summed E-state index contributed by atoms with van der Waals surface area (Å²) in [5, 5.41) is 23.3. The molecule has 0 aromatic carbocycles. The van der Waals surface area contributed by atoms with Crippen LogP contribution in [0.4, 0.5) is 0 Å². The molecule has 3 fully saturated rings. The number of piperidine rings is 1. The molecule has 64 heavy (non-hydrogen) atoms. The van der Waals surface area contributed by atoms with Gasteiger partial charge >= 0.3 is 5.97 Å². The topological polar surface area (TPSA) is 166 Å². The maximum Gasteiger partial charge on any atom is 0.329 e. The lowest BCUT2D eigenvalue weighted by Crippen LogP contribution is -2.61. The monoisotopic (exact) mass is 896 g/mol. The van der Waals surface area contributed by atoms with Crippen molar-refractivity contribution in [2.75, 3.05) is 20.8 Å². The highest BCUT2D eigenvalue weighted by Gasteiger charge is 2.53. The SMILES string of the molecule is CO[C@H]1C[C@@H]2CC[C@@H](C)[C@@](O)(O2)C(=O)C(=O)N2CCCC[C@H]2C(=O)O[C@H]([C@@H](C)C[C@H]2CC[C@@H](C)[C@H](OC)C2)CC(=O)[C@H](C)/C=C(\C)[C@@H](O)[C@@H](C)C(=O)[C@H](C)C[C@H](C)/C=C/C=C/C=C/1C. The number of ketones is 3. The fourth-order valence-corrected chi connectivity index (χ4v) is 10.4. The van der Waals surface area contributed by atoms with Crippen molar-refractivity contribution in [1.29, 1.82) is 0 Å². The van der Waals surface area contributed by atoms with E-state index >= 15 is 0 Å². The van der Waals surface area contributed by atoms with Crippen LogP contribution in [0.1, 0.15) is 139 Å². The number of fused-ring (bicyclic) bond motifs is 3. The first kappa shape index (κ1) is 53.3. The second-order valence-electron chi connectivity index (χ2n) is 20.1. The van der Waals surface area contributed by atoms with Crippen molar-refractivity contribution in [3.05, 3.63) is 47.6 Å². The Bertz CT molecular complexity index is 1730. The van der Waals surface area contributed by atoms with Crippen molar-refractivity contribution in [2.45, 2.75) is 182 Å². The minimum Gasteiger partial charge on any atom is -0.460 e. The third kappa shape index (κ3) is 13.9. The lowest BCUT2D eigenvalue weighted by molar-refractivity contribution is -0.265. The number of ether oxygens (including phenoxy) is 4. The number of carbonyl (C=O) groups is 5. The highest BCUT2D eigenvalue weighted by molar-refractivity contribution is 6.39. The molecule has 4 aliphatic rings. The zero-order chi connectivity index (χ0) is 47.5.